The van der Waals surface area contributed by atoms with E-state index in [2.05, 4.69) is 10.3 Å². The number of carboxylic acid groups (broad SMARTS) is 1. The Labute approximate surface area is 177 Å². The zero-order valence-electron chi connectivity index (χ0n) is 16.7. The van der Waals surface area contributed by atoms with Crippen LogP contribution in [0.3, 0.4) is 0 Å². The van der Waals surface area contributed by atoms with Crippen LogP contribution in [0, 0.1) is 17.8 Å². The summed E-state index contributed by atoms with van der Waals surface area (Å²) in [7, 11) is 0. The van der Waals surface area contributed by atoms with Gasteiger partial charge in [0.05, 0.1) is 11.8 Å². The van der Waals surface area contributed by atoms with Crippen molar-refractivity contribution < 1.29 is 23.9 Å². The number of likely N-dealkylation sites (tertiary alicyclic amines) is 1. The van der Waals surface area contributed by atoms with E-state index in [4.69, 9.17) is 9.52 Å². The van der Waals surface area contributed by atoms with Crippen molar-refractivity contribution in [2.24, 2.45) is 17.8 Å². The highest BCUT2D eigenvalue weighted by Crippen LogP contribution is 2.53. The Morgan fingerprint density at radius 1 is 1.13 bits per heavy atom. The van der Waals surface area contributed by atoms with E-state index in [0.717, 1.165) is 11.8 Å². The first-order valence-corrected chi connectivity index (χ1v) is 10.3. The summed E-state index contributed by atoms with van der Waals surface area (Å²) < 4.78 is 5.53. The van der Waals surface area contributed by atoms with Crippen LogP contribution in [0.15, 0.2) is 53.2 Å². The lowest BCUT2D eigenvalue weighted by atomic mass is 10.1. The Hall–Kier alpha value is -3.68. The van der Waals surface area contributed by atoms with E-state index in [1.54, 1.807) is 41.6 Å². The molecule has 0 radical (unpaired) electrons. The maximum Gasteiger partial charge on any atom is 0.335 e. The van der Waals surface area contributed by atoms with Gasteiger partial charge in [0.1, 0.15) is 0 Å². The van der Waals surface area contributed by atoms with E-state index in [0.29, 0.717) is 48.5 Å². The molecule has 2 aliphatic rings. The first-order chi connectivity index (χ1) is 15.0. The predicted octanol–water partition coefficient (Wildman–Crippen LogP) is 2.66. The molecular formula is C23H21N3O5. The third-order valence-electron chi connectivity index (χ3n) is 6.33. The van der Waals surface area contributed by atoms with Gasteiger partial charge < -0.3 is 19.7 Å². The van der Waals surface area contributed by atoms with Gasteiger partial charge in [-0.25, -0.2) is 4.79 Å². The minimum absolute atomic E-state index is 0.115. The molecule has 1 aromatic carbocycles. The van der Waals surface area contributed by atoms with Crippen LogP contribution in [0.25, 0.3) is 11.0 Å². The Morgan fingerprint density at radius 3 is 2.65 bits per heavy atom. The highest BCUT2D eigenvalue weighted by Gasteiger charge is 2.55. The van der Waals surface area contributed by atoms with Crippen molar-refractivity contribution in [2.45, 2.75) is 6.42 Å². The van der Waals surface area contributed by atoms with Crippen LogP contribution in [-0.2, 0) is 0 Å². The number of hydrogen-bond acceptors (Lipinski definition) is 5. The number of fused-ring (bicyclic) bond motifs is 2. The number of carbonyl (C=O) groups is 3. The molecule has 3 heterocycles. The van der Waals surface area contributed by atoms with Crippen molar-refractivity contribution in [3.8, 4) is 0 Å². The fourth-order valence-electron chi connectivity index (χ4n) is 4.65. The lowest BCUT2D eigenvalue weighted by molar-refractivity contribution is 0.0696. The largest absolute Gasteiger partial charge is 0.478 e. The molecule has 3 atom stereocenters. The van der Waals surface area contributed by atoms with E-state index in [9.17, 15) is 14.4 Å². The number of carbonyl (C=O) groups excluding carboxylic acids is 2. The second-order valence-corrected chi connectivity index (χ2v) is 8.16. The van der Waals surface area contributed by atoms with Crippen LogP contribution in [0.2, 0.25) is 0 Å². The highest BCUT2D eigenvalue weighted by atomic mass is 16.4. The molecule has 1 saturated carbocycles. The molecule has 1 aliphatic heterocycles. The monoisotopic (exact) mass is 419 g/mol. The second kappa shape index (κ2) is 7.54. The number of carboxylic acids is 1. The predicted molar refractivity (Wildman–Crippen MR) is 111 cm³/mol. The van der Waals surface area contributed by atoms with Crippen LogP contribution in [0.1, 0.15) is 37.7 Å². The van der Waals surface area contributed by atoms with Gasteiger partial charge in [0.15, 0.2) is 11.3 Å². The van der Waals surface area contributed by atoms with Crippen molar-refractivity contribution in [1.82, 2.24) is 15.2 Å². The Bertz CT molecular complexity index is 1140. The summed E-state index contributed by atoms with van der Waals surface area (Å²) in [5.74, 6) is 0.259. The molecule has 0 spiro atoms. The van der Waals surface area contributed by atoms with Crippen LogP contribution in [0.5, 0.6) is 0 Å². The molecule has 2 N–H and O–H groups in total. The molecule has 8 heteroatoms. The molecule has 0 bridgehead atoms. The van der Waals surface area contributed by atoms with E-state index in [-0.39, 0.29) is 23.1 Å². The number of benzene rings is 1. The van der Waals surface area contributed by atoms with Crippen molar-refractivity contribution in [1.29, 1.82) is 0 Å². The number of pyridine rings is 1. The smallest absolute Gasteiger partial charge is 0.335 e. The first kappa shape index (κ1) is 19.3. The van der Waals surface area contributed by atoms with E-state index >= 15 is 0 Å². The average Bonchev–Trinajstić information content (AvgIpc) is 3.14. The fourth-order valence-corrected chi connectivity index (χ4v) is 4.65. The summed E-state index contributed by atoms with van der Waals surface area (Å²) in [4.78, 5) is 41.9. The van der Waals surface area contributed by atoms with Gasteiger partial charge in [0.2, 0.25) is 0 Å². The van der Waals surface area contributed by atoms with Gasteiger partial charge in [-0.05, 0) is 54.5 Å². The van der Waals surface area contributed by atoms with Crippen molar-refractivity contribution >= 4 is 28.8 Å². The van der Waals surface area contributed by atoms with Crippen molar-refractivity contribution in [3.63, 3.8) is 0 Å². The molecule has 2 fully saturated rings. The number of piperidine rings is 1. The van der Waals surface area contributed by atoms with Crippen LogP contribution >= 0.6 is 0 Å². The lowest BCUT2D eigenvalue weighted by Crippen LogP contribution is -2.32. The zero-order chi connectivity index (χ0) is 21.5. The van der Waals surface area contributed by atoms with Gasteiger partial charge >= 0.3 is 5.97 Å². The quantitative estimate of drug-likeness (QED) is 0.635. The molecule has 2 amide bonds. The summed E-state index contributed by atoms with van der Waals surface area (Å²) in [6, 6.07) is 9.66. The summed E-state index contributed by atoms with van der Waals surface area (Å²) in [5, 5.41) is 12.9. The Morgan fingerprint density at radius 2 is 1.90 bits per heavy atom. The van der Waals surface area contributed by atoms with Gasteiger partial charge in [-0.2, -0.15) is 0 Å². The average molecular weight is 419 g/mol. The lowest BCUT2D eigenvalue weighted by Gasteiger charge is -2.20. The van der Waals surface area contributed by atoms with E-state index in [1.165, 1.54) is 12.1 Å². The standard InChI is InChI=1S/C23H21N3O5/c27-21(19-9-13-4-6-24-10-20(13)31-19)25-7-5-16-17-11-26(12-18(16)17)22(28)14-2-1-3-15(8-14)23(29)30/h1-4,6,8-10,16-18H,5,7,11-12H2,(H,25,27)(H,29,30)/t16-,17-,18+. The molecule has 1 aliphatic carbocycles. The zero-order valence-corrected chi connectivity index (χ0v) is 16.7. The van der Waals surface area contributed by atoms with E-state index in [1.807, 2.05) is 0 Å². The third kappa shape index (κ3) is 3.65. The van der Waals surface area contributed by atoms with Crippen LogP contribution in [-0.4, -0.2) is 52.4 Å². The molecular weight excluding hydrogens is 398 g/mol. The van der Waals surface area contributed by atoms with Crippen molar-refractivity contribution in [2.75, 3.05) is 19.6 Å². The van der Waals surface area contributed by atoms with Crippen LogP contribution in [0.4, 0.5) is 0 Å². The molecule has 5 rings (SSSR count). The third-order valence-corrected chi connectivity index (χ3v) is 6.33. The van der Waals surface area contributed by atoms with Gasteiger partial charge in [-0.15, -0.1) is 0 Å². The van der Waals surface area contributed by atoms with Crippen LogP contribution < -0.4 is 5.32 Å². The highest BCUT2D eigenvalue weighted by molar-refractivity contribution is 5.98. The molecule has 8 nitrogen and oxygen atoms in total. The van der Waals surface area contributed by atoms with Crippen molar-refractivity contribution in [3.05, 3.63) is 65.7 Å². The summed E-state index contributed by atoms with van der Waals surface area (Å²) in [5.41, 5.74) is 1.11. The first-order valence-electron chi connectivity index (χ1n) is 10.3. The SMILES string of the molecule is O=C(O)c1cccc(C(=O)N2C[C@@H]3[C@@H](CCNC(=O)c4cc5ccncc5o4)[C@@H]3C2)c1. The number of rotatable bonds is 6. The number of aromatic carboxylic acids is 1. The minimum Gasteiger partial charge on any atom is -0.478 e. The molecule has 3 aromatic rings. The Kier molecular flexibility index (Phi) is 4.69. The number of nitrogens with zero attached hydrogens (tertiary/aromatic N) is 2. The summed E-state index contributed by atoms with van der Waals surface area (Å²) in [6.07, 6.45) is 4.10. The van der Waals surface area contributed by atoms with Gasteiger partial charge in [-0.1, -0.05) is 6.07 Å². The molecule has 158 valence electrons. The maximum atomic E-state index is 12.7. The number of hydrogen-bond donors (Lipinski definition) is 2. The van der Waals surface area contributed by atoms with Gasteiger partial charge in [0.25, 0.3) is 11.8 Å². The number of amides is 2. The summed E-state index contributed by atoms with van der Waals surface area (Å²) >= 11 is 0. The molecule has 0 unspecified atom stereocenters. The summed E-state index contributed by atoms with van der Waals surface area (Å²) in [6.45, 7) is 1.91. The Balaban J connectivity index is 1.10. The van der Waals surface area contributed by atoms with Gasteiger partial charge in [-0.3, -0.25) is 14.6 Å². The van der Waals surface area contributed by atoms with E-state index < -0.39 is 5.97 Å². The molecule has 2 aromatic heterocycles. The van der Waals surface area contributed by atoms with Gasteiger partial charge in [0, 0.05) is 36.8 Å². The normalized spacial score (nSPS) is 21.7. The number of aromatic nitrogens is 1. The second-order valence-electron chi connectivity index (χ2n) is 8.16. The fraction of sp³-hybridized carbons (Fsp3) is 0.304. The molecule has 1 saturated heterocycles. The minimum atomic E-state index is -1.04. The maximum absolute atomic E-state index is 12.7. The molecule has 31 heavy (non-hydrogen) atoms. The number of nitrogens with one attached hydrogen (secondary N) is 1. The topological polar surface area (TPSA) is 113 Å². The number of furan rings is 1.